The first-order chi connectivity index (χ1) is 0. The van der Waals surface area contributed by atoms with Gasteiger partial charge in [-0.05, 0) is 0 Å². The number of hydrogen-bond donors (Lipinski definition) is 0. The number of hydrogen-bond acceptors (Lipinski definition) is 0. The molecule has 0 rings (SSSR count). The Hall–Kier alpha value is 3.09. The molecule has 0 aliphatic rings. The molecule has 0 radical (unpaired) electrons. The van der Waals surface area contributed by atoms with Gasteiger partial charge < -0.3 is 28.2 Å². The molecule has 0 N–H and O–H groups in total. The van der Waals surface area contributed by atoms with Crippen LogP contribution in [0.4, 0.5) is 0 Å². The van der Waals surface area contributed by atoms with Crippen LogP contribution < -0.4 is 28.2 Å². The summed E-state index contributed by atoms with van der Waals surface area (Å²) >= 11 is 0. The normalized spacial score (nSPS) is 0. The third-order valence-corrected chi connectivity index (χ3v) is 0. The second kappa shape index (κ2) is 118. The molecule has 0 heterocycles. The van der Waals surface area contributed by atoms with Gasteiger partial charge in [0.1, 0.15) is 0 Å². The van der Waals surface area contributed by atoms with Crippen LogP contribution in [0.3, 0.4) is 0 Å². The Bertz CT molecular complexity index is 13.0. The average molecular weight is 266 g/mol. The molecule has 0 aliphatic heterocycles. The summed E-state index contributed by atoms with van der Waals surface area (Å²) in [6, 6.07) is 0. The summed E-state index contributed by atoms with van der Waals surface area (Å²) in [6.45, 7) is 0. The fourth-order valence-corrected chi connectivity index (χ4v) is 0. The van der Waals surface area contributed by atoms with Gasteiger partial charge in [-0.25, -0.2) is 0 Å². The van der Waals surface area contributed by atoms with E-state index in [-0.39, 0.29) is 134 Å². The van der Waals surface area contributed by atoms with E-state index in [1.165, 1.54) is 0 Å². The van der Waals surface area contributed by atoms with E-state index in [1.807, 2.05) is 0 Å². The van der Waals surface area contributed by atoms with Crippen LogP contribution >= 0.6 is 0 Å². The molecule has 0 amide bonds. The predicted octanol–water partition coefficient (Wildman–Crippen LogP) is -19.1. The van der Waals surface area contributed by atoms with Crippen molar-refractivity contribution < 1.29 is 28.2 Å². The first-order valence-corrected chi connectivity index (χ1v) is 0. The molecule has 9 heteroatoms. The van der Waals surface area contributed by atoms with Gasteiger partial charge in [-0.15, -0.1) is 0 Å². The molecule has 0 fully saturated rings. The molecular formula is CaF6MgSr. The average Bonchev–Trinajstić information content (AvgIpc) is 0. The first kappa shape index (κ1) is 156. The molecule has 0 aromatic carbocycles. The fourth-order valence-electron chi connectivity index (χ4n) is 0. The van der Waals surface area contributed by atoms with Crippen molar-refractivity contribution >= 4 is 106 Å². The molecule has 0 saturated carbocycles. The molecular weight excluding hydrogens is 266 g/mol. The monoisotopic (exact) mass is 266 g/mol. The molecule has 0 unspecified atom stereocenters. The fraction of sp³-hybridized carbons (Fsp3) is 0. The van der Waals surface area contributed by atoms with Crippen molar-refractivity contribution in [1.82, 2.24) is 0 Å². The Morgan fingerprint density at radius 2 is 0.444 bits per heavy atom. The summed E-state index contributed by atoms with van der Waals surface area (Å²) in [5, 5.41) is 0. The minimum atomic E-state index is 0. The van der Waals surface area contributed by atoms with Gasteiger partial charge in [0.25, 0.3) is 0 Å². The van der Waals surface area contributed by atoms with Crippen LogP contribution in [0.15, 0.2) is 0 Å². The van der Waals surface area contributed by atoms with Crippen molar-refractivity contribution in [2.75, 3.05) is 0 Å². The predicted molar refractivity (Wildman–Crippen MR) is 17.3 cm³/mol. The van der Waals surface area contributed by atoms with Crippen LogP contribution in [0.25, 0.3) is 0 Å². The zero-order chi connectivity index (χ0) is 0. The zero-order valence-corrected chi connectivity index (χ0v) is 11.5. The maximum absolute atomic E-state index is 0. The van der Waals surface area contributed by atoms with Crippen LogP contribution in [0.2, 0.25) is 0 Å². The molecule has 48 valence electrons. The van der Waals surface area contributed by atoms with Gasteiger partial charge in [-0.2, -0.15) is 0 Å². The molecule has 0 aromatic heterocycles. The van der Waals surface area contributed by atoms with Crippen molar-refractivity contribution in [2.45, 2.75) is 0 Å². The van der Waals surface area contributed by atoms with Crippen LogP contribution in [-0.4, -0.2) is 106 Å². The van der Waals surface area contributed by atoms with Gasteiger partial charge in [-0.1, -0.05) is 0 Å². The summed E-state index contributed by atoms with van der Waals surface area (Å²) in [6.07, 6.45) is 0. The SMILES string of the molecule is [Ca+2].[F-].[F-].[F-].[F-].[F-].[F-].[Mg+2].[Sr+2]. The van der Waals surface area contributed by atoms with E-state index in [1.54, 1.807) is 0 Å². The minimum absolute atomic E-state index is 0. The van der Waals surface area contributed by atoms with E-state index < -0.39 is 0 Å². The molecule has 9 heavy (non-hydrogen) atoms. The zero-order valence-electron chi connectivity index (χ0n) is 4.39. The smallest absolute Gasteiger partial charge is 1.00 e. The third kappa shape index (κ3) is 96.1. The molecule has 0 nitrogen and oxygen atoms in total. The third-order valence-electron chi connectivity index (χ3n) is 0. The summed E-state index contributed by atoms with van der Waals surface area (Å²) in [5.74, 6) is 0. The standard InChI is InChI=1S/Ca.6FH.Mg.Sr/h;6*1H;;/q+2;;;;;;;2*+2/p-6. The molecule has 0 bridgehead atoms. The Morgan fingerprint density at radius 3 is 0.444 bits per heavy atom. The van der Waals surface area contributed by atoms with E-state index in [9.17, 15) is 0 Å². The van der Waals surface area contributed by atoms with Crippen LogP contribution in [0, 0.1) is 0 Å². The first-order valence-electron chi connectivity index (χ1n) is 0. The van der Waals surface area contributed by atoms with Gasteiger partial charge in [0.05, 0.1) is 0 Å². The Morgan fingerprint density at radius 1 is 0.444 bits per heavy atom. The second-order valence-electron chi connectivity index (χ2n) is 0. The van der Waals surface area contributed by atoms with Crippen molar-refractivity contribution in [3.8, 4) is 0 Å². The Labute approximate surface area is 132 Å². The topological polar surface area (TPSA) is 0 Å². The van der Waals surface area contributed by atoms with E-state index in [0.29, 0.717) is 0 Å². The molecule has 0 saturated heterocycles. The maximum Gasteiger partial charge on any atom is 2.00 e. The Balaban J connectivity index is 0. The maximum atomic E-state index is 0. The largest absolute Gasteiger partial charge is 2.00 e. The van der Waals surface area contributed by atoms with Crippen molar-refractivity contribution in [3.05, 3.63) is 0 Å². The summed E-state index contributed by atoms with van der Waals surface area (Å²) in [4.78, 5) is 0. The van der Waals surface area contributed by atoms with Crippen molar-refractivity contribution in [2.24, 2.45) is 0 Å². The van der Waals surface area contributed by atoms with E-state index in [0.717, 1.165) is 0 Å². The van der Waals surface area contributed by atoms with E-state index in [4.69, 9.17) is 0 Å². The second-order valence-corrected chi connectivity index (χ2v) is 0. The van der Waals surface area contributed by atoms with Crippen LogP contribution in [0.1, 0.15) is 0 Å². The summed E-state index contributed by atoms with van der Waals surface area (Å²) < 4.78 is 0. The quantitative estimate of drug-likeness (QED) is 0.302. The van der Waals surface area contributed by atoms with Crippen molar-refractivity contribution in [3.63, 3.8) is 0 Å². The van der Waals surface area contributed by atoms with Gasteiger partial charge in [-0.3, -0.25) is 0 Å². The minimum Gasteiger partial charge on any atom is -1.00 e. The van der Waals surface area contributed by atoms with Crippen LogP contribution in [0.5, 0.6) is 0 Å². The van der Waals surface area contributed by atoms with Gasteiger partial charge in [0.2, 0.25) is 0 Å². The van der Waals surface area contributed by atoms with E-state index >= 15 is 0 Å². The number of rotatable bonds is 0. The summed E-state index contributed by atoms with van der Waals surface area (Å²) in [5.41, 5.74) is 0. The molecule has 0 spiro atoms. The van der Waals surface area contributed by atoms with Gasteiger partial charge >= 0.3 is 106 Å². The van der Waals surface area contributed by atoms with E-state index in [2.05, 4.69) is 0 Å². The van der Waals surface area contributed by atoms with Crippen molar-refractivity contribution in [1.29, 1.82) is 0 Å². The molecule has 0 aliphatic carbocycles. The van der Waals surface area contributed by atoms with Gasteiger partial charge in [0.15, 0.2) is 0 Å². The Kier molecular flexibility index (Phi) is 2050. The van der Waals surface area contributed by atoms with Gasteiger partial charge in [0, 0.05) is 0 Å². The molecule has 0 aromatic rings. The van der Waals surface area contributed by atoms with Crippen LogP contribution in [-0.2, 0) is 0 Å². The number of halogens is 6. The molecule has 0 atom stereocenters. The summed E-state index contributed by atoms with van der Waals surface area (Å²) in [7, 11) is 0.